The molecule has 0 saturated carbocycles. The van der Waals surface area contributed by atoms with Crippen LogP contribution in [0.25, 0.3) is 0 Å². The van der Waals surface area contributed by atoms with Crippen LogP contribution in [0.1, 0.15) is 33.6 Å². The van der Waals surface area contributed by atoms with Gasteiger partial charge in [0.1, 0.15) is 0 Å². The summed E-state index contributed by atoms with van der Waals surface area (Å²) in [4.78, 5) is 2.52. The van der Waals surface area contributed by atoms with Crippen molar-refractivity contribution in [2.45, 2.75) is 39.7 Å². The highest BCUT2D eigenvalue weighted by atomic mass is 16.5. The van der Waals surface area contributed by atoms with Gasteiger partial charge in [0.05, 0.1) is 0 Å². The molecule has 1 unspecified atom stereocenters. The Kier molecular flexibility index (Phi) is 5.90. The molecule has 1 heterocycles. The Morgan fingerprint density at radius 3 is 2.29 bits per heavy atom. The molecule has 0 aromatic heterocycles. The van der Waals surface area contributed by atoms with Crippen molar-refractivity contribution < 1.29 is 4.74 Å². The van der Waals surface area contributed by atoms with Gasteiger partial charge in [-0.3, -0.25) is 0 Å². The second kappa shape index (κ2) is 6.72. The average Bonchev–Trinajstić information content (AvgIpc) is 2.29. The Bertz CT molecular complexity index is 207. The van der Waals surface area contributed by atoms with Gasteiger partial charge in [0.2, 0.25) is 0 Å². The van der Waals surface area contributed by atoms with E-state index < -0.39 is 0 Å². The summed E-state index contributed by atoms with van der Waals surface area (Å²) in [6, 6.07) is 0.645. The van der Waals surface area contributed by atoms with Crippen molar-refractivity contribution in [2.24, 2.45) is 11.3 Å². The molecule has 1 aliphatic rings. The number of rotatable bonds is 6. The predicted octanol–water partition coefficient (Wildman–Crippen LogP) is 1.98. The van der Waals surface area contributed by atoms with E-state index in [2.05, 4.69) is 45.1 Å². The second-order valence-corrected chi connectivity index (χ2v) is 6.04. The van der Waals surface area contributed by atoms with Gasteiger partial charge in [-0.1, -0.05) is 13.8 Å². The summed E-state index contributed by atoms with van der Waals surface area (Å²) in [5.41, 5.74) is 0.408. The maximum Gasteiger partial charge on any atom is 0.0472 e. The van der Waals surface area contributed by atoms with E-state index in [0.717, 1.165) is 19.8 Å². The van der Waals surface area contributed by atoms with Crippen LogP contribution in [0.5, 0.6) is 0 Å². The quantitative estimate of drug-likeness (QED) is 0.771. The molecule has 0 radical (unpaired) electrons. The molecule has 1 N–H and O–H groups in total. The van der Waals surface area contributed by atoms with Crippen molar-refractivity contribution in [3.05, 3.63) is 0 Å². The van der Waals surface area contributed by atoms with Crippen LogP contribution >= 0.6 is 0 Å². The van der Waals surface area contributed by atoms with Gasteiger partial charge in [-0.2, -0.15) is 0 Å². The van der Waals surface area contributed by atoms with Crippen LogP contribution in [0.2, 0.25) is 0 Å². The fourth-order valence-corrected chi connectivity index (χ4v) is 2.75. The minimum Gasteiger partial charge on any atom is -0.381 e. The fraction of sp³-hybridized carbons (Fsp3) is 1.00. The molecule has 0 bridgehead atoms. The van der Waals surface area contributed by atoms with Gasteiger partial charge >= 0.3 is 0 Å². The van der Waals surface area contributed by atoms with Crippen molar-refractivity contribution in [2.75, 3.05) is 40.4 Å². The number of hydrogen-bond acceptors (Lipinski definition) is 3. The van der Waals surface area contributed by atoms with E-state index >= 15 is 0 Å². The number of ether oxygens (including phenoxy) is 1. The Balaban J connectivity index is 2.59. The van der Waals surface area contributed by atoms with Crippen LogP contribution in [0.15, 0.2) is 0 Å². The smallest absolute Gasteiger partial charge is 0.0472 e. The van der Waals surface area contributed by atoms with Crippen LogP contribution in [0.4, 0.5) is 0 Å². The molecule has 102 valence electrons. The summed E-state index contributed by atoms with van der Waals surface area (Å²) in [5.74, 6) is 0.714. The van der Waals surface area contributed by atoms with E-state index in [0.29, 0.717) is 17.4 Å². The van der Waals surface area contributed by atoms with E-state index in [1.54, 1.807) is 0 Å². The maximum atomic E-state index is 5.51. The van der Waals surface area contributed by atoms with Gasteiger partial charge in [0, 0.05) is 32.3 Å². The Labute approximate surface area is 107 Å². The lowest BCUT2D eigenvalue weighted by Gasteiger charge is -2.42. The highest BCUT2D eigenvalue weighted by Crippen LogP contribution is 2.31. The zero-order valence-electron chi connectivity index (χ0n) is 12.3. The molecular weight excluding hydrogens is 212 g/mol. The van der Waals surface area contributed by atoms with Crippen LogP contribution in [0.3, 0.4) is 0 Å². The topological polar surface area (TPSA) is 24.5 Å². The third-order valence-electron chi connectivity index (χ3n) is 4.35. The summed E-state index contributed by atoms with van der Waals surface area (Å²) in [5, 5.41) is 3.37. The van der Waals surface area contributed by atoms with Crippen LogP contribution in [0, 0.1) is 11.3 Å². The molecule has 1 saturated heterocycles. The van der Waals surface area contributed by atoms with Gasteiger partial charge in [-0.15, -0.1) is 0 Å². The largest absolute Gasteiger partial charge is 0.381 e. The van der Waals surface area contributed by atoms with Gasteiger partial charge < -0.3 is 15.0 Å². The third kappa shape index (κ3) is 4.23. The highest BCUT2D eigenvalue weighted by molar-refractivity contribution is 4.87. The minimum absolute atomic E-state index is 0.408. The van der Waals surface area contributed by atoms with Gasteiger partial charge in [-0.25, -0.2) is 0 Å². The first kappa shape index (κ1) is 14.9. The number of nitrogens with one attached hydrogen (secondary N) is 1. The lowest BCUT2D eigenvalue weighted by atomic mass is 9.79. The first-order valence-electron chi connectivity index (χ1n) is 6.93. The molecule has 3 nitrogen and oxygen atoms in total. The lowest BCUT2D eigenvalue weighted by molar-refractivity contribution is -0.00765. The molecule has 1 rings (SSSR count). The van der Waals surface area contributed by atoms with Gasteiger partial charge in [0.15, 0.2) is 0 Å². The van der Waals surface area contributed by atoms with Gasteiger partial charge in [-0.05, 0) is 45.2 Å². The molecule has 3 heteroatoms. The van der Waals surface area contributed by atoms with E-state index in [1.165, 1.54) is 19.4 Å². The lowest BCUT2D eigenvalue weighted by Crippen LogP contribution is -2.48. The average molecular weight is 242 g/mol. The van der Waals surface area contributed by atoms with E-state index in [9.17, 15) is 0 Å². The Morgan fingerprint density at radius 1 is 1.24 bits per heavy atom. The predicted molar refractivity (Wildman–Crippen MR) is 73.3 cm³/mol. The van der Waals surface area contributed by atoms with Gasteiger partial charge in [0.25, 0.3) is 0 Å². The van der Waals surface area contributed by atoms with Crippen molar-refractivity contribution >= 4 is 0 Å². The van der Waals surface area contributed by atoms with E-state index in [4.69, 9.17) is 4.74 Å². The molecule has 0 aromatic carbocycles. The number of nitrogens with zero attached hydrogens (tertiary/aromatic N) is 1. The van der Waals surface area contributed by atoms with Crippen molar-refractivity contribution in [3.8, 4) is 0 Å². The summed E-state index contributed by atoms with van der Waals surface area (Å²) in [7, 11) is 4.32. The summed E-state index contributed by atoms with van der Waals surface area (Å²) in [6.07, 6.45) is 2.37. The van der Waals surface area contributed by atoms with Crippen LogP contribution in [-0.2, 0) is 4.74 Å². The Morgan fingerprint density at radius 2 is 1.82 bits per heavy atom. The van der Waals surface area contributed by atoms with E-state index in [-0.39, 0.29) is 0 Å². The molecule has 1 fully saturated rings. The highest BCUT2D eigenvalue weighted by Gasteiger charge is 2.34. The molecule has 0 spiro atoms. The SMILES string of the molecule is CNCC1(CN(C)C(C)C(C)C)CCOCC1. The molecule has 0 amide bonds. The first-order chi connectivity index (χ1) is 8.01. The normalized spacial score (nSPS) is 22.1. The van der Waals surface area contributed by atoms with Crippen molar-refractivity contribution in [1.82, 2.24) is 10.2 Å². The molecule has 1 aliphatic heterocycles. The van der Waals surface area contributed by atoms with Crippen molar-refractivity contribution in [1.29, 1.82) is 0 Å². The zero-order valence-corrected chi connectivity index (χ0v) is 12.3. The molecule has 1 atom stereocenters. The van der Waals surface area contributed by atoms with E-state index in [1.807, 2.05) is 0 Å². The standard InChI is InChI=1S/C14H30N2O/c1-12(2)13(3)16(5)11-14(10-15-4)6-8-17-9-7-14/h12-13,15H,6-11H2,1-5H3. The monoisotopic (exact) mass is 242 g/mol. The van der Waals surface area contributed by atoms with Crippen LogP contribution < -0.4 is 5.32 Å². The van der Waals surface area contributed by atoms with Crippen molar-refractivity contribution in [3.63, 3.8) is 0 Å². The number of hydrogen-bond donors (Lipinski definition) is 1. The minimum atomic E-state index is 0.408. The molecule has 0 aliphatic carbocycles. The summed E-state index contributed by atoms with van der Waals surface area (Å²) in [6.45, 7) is 11.1. The fourth-order valence-electron chi connectivity index (χ4n) is 2.75. The molecule has 0 aromatic rings. The summed E-state index contributed by atoms with van der Waals surface area (Å²) >= 11 is 0. The Hall–Kier alpha value is -0.120. The second-order valence-electron chi connectivity index (χ2n) is 6.04. The maximum absolute atomic E-state index is 5.51. The third-order valence-corrected chi connectivity index (χ3v) is 4.35. The molecule has 17 heavy (non-hydrogen) atoms. The zero-order chi connectivity index (χ0) is 12.9. The summed E-state index contributed by atoms with van der Waals surface area (Å²) < 4.78 is 5.51. The molecular formula is C14H30N2O. The van der Waals surface area contributed by atoms with Crippen LogP contribution in [-0.4, -0.2) is 51.3 Å². The first-order valence-corrected chi connectivity index (χ1v) is 6.93.